The summed E-state index contributed by atoms with van der Waals surface area (Å²) >= 11 is 0. The van der Waals surface area contributed by atoms with Crippen LogP contribution in [0.5, 0.6) is 5.75 Å². The molecule has 0 bridgehead atoms. The lowest BCUT2D eigenvalue weighted by Crippen LogP contribution is -2.36. The first-order valence-electron chi connectivity index (χ1n) is 8.96. The minimum Gasteiger partial charge on any atom is -0.497 e. The van der Waals surface area contributed by atoms with Crippen molar-refractivity contribution in [3.63, 3.8) is 0 Å². The first-order chi connectivity index (χ1) is 13.0. The lowest BCUT2D eigenvalue weighted by atomic mass is 9.99. The molecule has 0 saturated carbocycles. The highest BCUT2D eigenvalue weighted by molar-refractivity contribution is 5.95. The summed E-state index contributed by atoms with van der Waals surface area (Å²) < 4.78 is 5.14. The van der Waals surface area contributed by atoms with E-state index in [9.17, 15) is 14.7 Å². The fourth-order valence-corrected chi connectivity index (χ4v) is 3.58. The van der Waals surface area contributed by atoms with E-state index in [0.717, 1.165) is 5.56 Å². The van der Waals surface area contributed by atoms with E-state index in [1.54, 1.807) is 31.4 Å². The van der Waals surface area contributed by atoms with Crippen LogP contribution in [0.1, 0.15) is 18.5 Å². The molecule has 6 nitrogen and oxygen atoms in total. The first-order valence-corrected chi connectivity index (χ1v) is 8.96. The summed E-state index contributed by atoms with van der Waals surface area (Å²) in [5.74, 6) is -0.755. The highest BCUT2D eigenvalue weighted by atomic mass is 16.5. The zero-order valence-corrected chi connectivity index (χ0v) is 15.5. The van der Waals surface area contributed by atoms with Crippen LogP contribution in [-0.4, -0.2) is 42.1 Å². The third-order valence-electron chi connectivity index (χ3n) is 5.04. The van der Waals surface area contributed by atoms with Crippen molar-refractivity contribution in [1.82, 2.24) is 4.90 Å². The molecule has 2 N–H and O–H groups in total. The lowest BCUT2D eigenvalue weighted by molar-refractivity contribution is -0.142. The summed E-state index contributed by atoms with van der Waals surface area (Å²) in [6.07, 6.45) is 0. The number of nitrogens with one attached hydrogen (secondary N) is 1. The van der Waals surface area contributed by atoms with Crippen molar-refractivity contribution in [2.24, 2.45) is 11.8 Å². The number of carboxylic acid groups (broad SMARTS) is 1. The molecule has 142 valence electrons. The Balaban J connectivity index is 1.84. The Kier molecular flexibility index (Phi) is 5.76. The van der Waals surface area contributed by atoms with Crippen molar-refractivity contribution in [2.75, 3.05) is 25.5 Å². The minimum absolute atomic E-state index is 0.0116. The second-order valence-corrected chi connectivity index (χ2v) is 6.91. The molecule has 1 saturated heterocycles. The number of methoxy groups -OCH3 is 1. The Morgan fingerprint density at radius 2 is 1.78 bits per heavy atom. The molecule has 1 unspecified atom stereocenters. The van der Waals surface area contributed by atoms with Crippen LogP contribution < -0.4 is 10.1 Å². The number of ether oxygens (including phenoxy) is 1. The van der Waals surface area contributed by atoms with Gasteiger partial charge >= 0.3 is 5.97 Å². The van der Waals surface area contributed by atoms with Gasteiger partial charge in [0.25, 0.3) is 0 Å². The molecule has 2 aromatic rings. The fourth-order valence-electron chi connectivity index (χ4n) is 3.58. The Bertz CT molecular complexity index is 792. The van der Waals surface area contributed by atoms with Gasteiger partial charge in [0.15, 0.2) is 0 Å². The summed E-state index contributed by atoms with van der Waals surface area (Å²) in [6, 6.07) is 16.1. The normalized spacial score (nSPS) is 20.8. The maximum atomic E-state index is 13.1. The third-order valence-corrected chi connectivity index (χ3v) is 5.04. The van der Waals surface area contributed by atoms with E-state index in [1.165, 1.54) is 0 Å². The highest BCUT2D eigenvalue weighted by Crippen LogP contribution is 2.32. The van der Waals surface area contributed by atoms with Crippen molar-refractivity contribution < 1.29 is 19.4 Å². The number of rotatable bonds is 6. The van der Waals surface area contributed by atoms with E-state index in [-0.39, 0.29) is 11.8 Å². The average Bonchev–Trinajstić information content (AvgIpc) is 3.05. The van der Waals surface area contributed by atoms with Crippen LogP contribution in [0.15, 0.2) is 54.6 Å². The summed E-state index contributed by atoms with van der Waals surface area (Å²) in [5, 5.41) is 12.4. The van der Waals surface area contributed by atoms with Crippen LogP contribution >= 0.6 is 0 Å². The lowest BCUT2D eigenvalue weighted by Gasteiger charge is -2.27. The van der Waals surface area contributed by atoms with Gasteiger partial charge in [0.05, 0.1) is 13.0 Å². The number of amides is 1. The number of hydrogen-bond acceptors (Lipinski definition) is 4. The molecule has 0 radical (unpaired) electrons. The van der Waals surface area contributed by atoms with Gasteiger partial charge in [-0.25, -0.2) is 0 Å². The summed E-state index contributed by atoms with van der Waals surface area (Å²) in [5.41, 5.74) is 1.52. The molecule has 1 aliphatic heterocycles. The SMILES string of the molecule is COc1ccc(NC(=O)C(c2ccccc2)N2C[C@@H](C)[C@H](C(=O)O)C2)cc1. The number of carbonyl (C=O) groups excluding carboxylic acids is 1. The predicted molar refractivity (Wildman–Crippen MR) is 103 cm³/mol. The van der Waals surface area contributed by atoms with E-state index in [0.29, 0.717) is 24.5 Å². The van der Waals surface area contributed by atoms with Crippen LogP contribution in [0.2, 0.25) is 0 Å². The zero-order valence-electron chi connectivity index (χ0n) is 15.5. The number of anilines is 1. The second kappa shape index (κ2) is 8.22. The molecule has 6 heteroatoms. The Hall–Kier alpha value is -2.86. The monoisotopic (exact) mass is 368 g/mol. The average molecular weight is 368 g/mol. The Labute approximate surface area is 158 Å². The standard InChI is InChI=1S/C21H24N2O4/c1-14-12-23(13-18(14)21(25)26)19(15-6-4-3-5-7-15)20(24)22-16-8-10-17(27-2)11-9-16/h3-11,14,18-19H,12-13H2,1-2H3,(H,22,24)(H,25,26)/t14-,18-,19?/m1/s1. The fraction of sp³-hybridized carbons (Fsp3) is 0.333. The van der Waals surface area contributed by atoms with Gasteiger partial charge in [-0.2, -0.15) is 0 Å². The van der Waals surface area contributed by atoms with Crippen LogP contribution in [0.25, 0.3) is 0 Å². The summed E-state index contributed by atoms with van der Waals surface area (Å²) in [4.78, 5) is 26.6. The molecule has 1 heterocycles. The Morgan fingerprint density at radius 1 is 1.11 bits per heavy atom. The van der Waals surface area contributed by atoms with Crippen LogP contribution in [-0.2, 0) is 9.59 Å². The summed E-state index contributed by atoms with van der Waals surface area (Å²) in [6.45, 7) is 2.83. The molecule has 2 aromatic carbocycles. The van der Waals surface area contributed by atoms with Gasteiger partial charge in [0, 0.05) is 18.8 Å². The molecular weight excluding hydrogens is 344 g/mol. The van der Waals surface area contributed by atoms with E-state index in [2.05, 4.69) is 5.32 Å². The zero-order chi connectivity index (χ0) is 19.4. The van der Waals surface area contributed by atoms with Gasteiger partial charge in [0.1, 0.15) is 11.8 Å². The number of carboxylic acids is 1. The number of benzene rings is 2. The molecule has 0 aromatic heterocycles. The number of hydrogen-bond donors (Lipinski definition) is 2. The van der Waals surface area contributed by atoms with Gasteiger partial charge in [-0.05, 0) is 35.7 Å². The minimum atomic E-state index is -0.813. The first kappa shape index (κ1) is 18.9. The van der Waals surface area contributed by atoms with Gasteiger partial charge in [-0.1, -0.05) is 37.3 Å². The molecule has 0 spiro atoms. The quantitative estimate of drug-likeness (QED) is 0.819. The van der Waals surface area contributed by atoms with Crippen molar-refractivity contribution in [1.29, 1.82) is 0 Å². The molecule has 0 aliphatic carbocycles. The van der Waals surface area contributed by atoms with Crippen LogP contribution in [0, 0.1) is 11.8 Å². The highest BCUT2D eigenvalue weighted by Gasteiger charge is 2.40. The molecule has 27 heavy (non-hydrogen) atoms. The molecular formula is C21H24N2O4. The number of carbonyl (C=O) groups is 2. The van der Waals surface area contributed by atoms with Gasteiger partial charge in [-0.3, -0.25) is 14.5 Å². The molecule has 1 amide bonds. The molecule has 3 rings (SSSR count). The van der Waals surface area contributed by atoms with E-state index in [4.69, 9.17) is 4.74 Å². The molecule has 1 aliphatic rings. The maximum Gasteiger partial charge on any atom is 0.308 e. The van der Waals surface area contributed by atoms with Crippen molar-refractivity contribution in [3.05, 3.63) is 60.2 Å². The molecule has 1 fully saturated rings. The molecule has 3 atom stereocenters. The summed E-state index contributed by atoms with van der Waals surface area (Å²) in [7, 11) is 1.59. The van der Waals surface area contributed by atoms with Gasteiger partial charge < -0.3 is 15.2 Å². The van der Waals surface area contributed by atoms with Gasteiger partial charge in [0.2, 0.25) is 5.91 Å². The smallest absolute Gasteiger partial charge is 0.308 e. The number of aliphatic carboxylic acids is 1. The number of likely N-dealkylation sites (tertiary alicyclic amines) is 1. The van der Waals surface area contributed by atoms with Crippen molar-refractivity contribution in [3.8, 4) is 5.75 Å². The number of nitrogens with zero attached hydrogens (tertiary/aromatic N) is 1. The predicted octanol–water partition coefficient (Wildman–Crippen LogP) is 3.03. The Morgan fingerprint density at radius 3 is 2.33 bits per heavy atom. The van der Waals surface area contributed by atoms with Crippen molar-refractivity contribution in [2.45, 2.75) is 13.0 Å². The maximum absolute atomic E-state index is 13.1. The van der Waals surface area contributed by atoms with Crippen LogP contribution in [0.3, 0.4) is 0 Å². The third kappa shape index (κ3) is 4.28. The van der Waals surface area contributed by atoms with E-state index < -0.39 is 17.9 Å². The topological polar surface area (TPSA) is 78.9 Å². The largest absolute Gasteiger partial charge is 0.497 e. The second-order valence-electron chi connectivity index (χ2n) is 6.91. The van der Waals surface area contributed by atoms with E-state index in [1.807, 2.05) is 42.2 Å². The van der Waals surface area contributed by atoms with Crippen molar-refractivity contribution >= 4 is 17.6 Å². The van der Waals surface area contributed by atoms with E-state index >= 15 is 0 Å². The van der Waals surface area contributed by atoms with Crippen LogP contribution in [0.4, 0.5) is 5.69 Å². The van der Waals surface area contributed by atoms with Gasteiger partial charge in [-0.15, -0.1) is 0 Å².